The molecule has 0 aliphatic carbocycles. The molecule has 1 aliphatic heterocycles. The number of halogens is 1. The van der Waals surface area contributed by atoms with Crippen molar-refractivity contribution in [3.63, 3.8) is 0 Å². The predicted octanol–water partition coefficient (Wildman–Crippen LogP) is 2.67. The van der Waals surface area contributed by atoms with E-state index in [0.717, 1.165) is 0 Å². The van der Waals surface area contributed by atoms with E-state index in [0.29, 0.717) is 43.6 Å². The van der Waals surface area contributed by atoms with E-state index in [2.05, 4.69) is 4.98 Å². The average molecular weight is 396 g/mol. The van der Waals surface area contributed by atoms with E-state index in [9.17, 15) is 14.4 Å². The molecular formula is C20H17FN4O4. The number of benzene rings is 1. The third-order valence-electron chi connectivity index (χ3n) is 4.54. The Morgan fingerprint density at radius 2 is 1.97 bits per heavy atom. The second kappa shape index (κ2) is 8.06. The lowest BCUT2D eigenvalue weighted by Gasteiger charge is -2.34. The highest BCUT2D eigenvalue weighted by Gasteiger charge is 2.27. The first-order valence-corrected chi connectivity index (χ1v) is 9.00. The lowest BCUT2D eigenvalue weighted by Crippen LogP contribution is -2.50. The lowest BCUT2D eigenvalue weighted by atomic mass is 10.3. The van der Waals surface area contributed by atoms with Crippen LogP contribution < -0.4 is 9.64 Å². The van der Waals surface area contributed by atoms with E-state index in [1.807, 2.05) is 11.0 Å². The molecule has 0 bridgehead atoms. The number of hydrogen-bond acceptors (Lipinski definition) is 7. The van der Waals surface area contributed by atoms with Crippen molar-refractivity contribution in [2.24, 2.45) is 0 Å². The smallest absolute Gasteiger partial charge is 0.266 e. The normalized spacial score (nSPS) is 13.9. The maximum Gasteiger partial charge on any atom is 0.266 e. The zero-order valence-electron chi connectivity index (χ0n) is 15.4. The fourth-order valence-corrected chi connectivity index (χ4v) is 3.03. The van der Waals surface area contributed by atoms with Gasteiger partial charge in [0, 0.05) is 26.2 Å². The Labute approximate surface area is 165 Å². The molecule has 1 amide bonds. The Hall–Kier alpha value is -3.80. The van der Waals surface area contributed by atoms with Crippen LogP contribution in [0, 0.1) is 17.1 Å². The lowest BCUT2D eigenvalue weighted by molar-refractivity contribution is -0.133. The third-order valence-corrected chi connectivity index (χ3v) is 4.54. The van der Waals surface area contributed by atoms with Gasteiger partial charge in [0.15, 0.2) is 12.4 Å². The summed E-state index contributed by atoms with van der Waals surface area (Å²) in [5.41, 5.74) is 0.177. The Morgan fingerprint density at radius 3 is 2.62 bits per heavy atom. The first kappa shape index (κ1) is 18.6. The molecule has 1 aromatic carbocycles. The average Bonchev–Trinajstić information content (AvgIpc) is 3.43. The van der Waals surface area contributed by atoms with Gasteiger partial charge in [-0.2, -0.15) is 10.2 Å². The Bertz CT molecular complexity index is 1020. The summed E-state index contributed by atoms with van der Waals surface area (Å²) in [5.74, 6) is 0.965. The zero-order chi connectivity index (χ0) is 20.2. The van der Waals surface area contributed by atoms with E-state index in [-0.39, 0.29) is 29.9 Å². The summed E-state index contributed by atoms with van der Waals surface area (Å²) in [5, 5.41) is 9.36. The van der Waals surface area contributed by atoms with Gasteiger partial charge in [0.2, 0.25) is 11.6 Å². The number of ether oxygens (including phenoxy) is 1. The van der Waals surface area contributed by atoms with Crippen LogP contribution in [0.4, 0.5) is 10.3 Å². The fraction of sp³-hybridized carbons (Fsp3) is 0.250. The highest BCUT2D eigenvalue weighted by molar-refractivity contribution is 5.78. The number of amides is 1. The van der Waals surface area contributed by atoms with Crippen molar-refractivity contribution in [3.05, 3.63) is 54.2 Å². The summed E-state index contributed by atoms with van der Waals surface area (Å²) in [4.78, 5) is 20.1. The highest BCUT2D eigenvalue weighted by Crippen LogP contribution is 2.29. The molecule has 1 fully saturated rings. The van der Waals surface area contributed by atoms with Gasteiger partial charge in [-0.05, 0) is 36.4 Å². The second-order valence-electron chi connectivity index (χ2n) is 6.37. The molecule has 0 N–H and O–H groups in total. The first-order chi connectivity index (χ1) is 14.1. The molecule has 29 heavy (non-hydrogen) atoms. The van der Waals surface area contributed by atoms with Gasteiger partial charge in [-0.1, -0.05) is 0 Å². The minimum Gasteiger partial charge on any atom is -0.484 e. The maximum atomic E-state index is 12.9. The molecule has 0 spiro atoms. The van der Waals surface area contributed by atoms with Crippen molar-refractivity contribution in [3.8, 4) is 23.5 Å². The van der Waals surface area contributed by atoms with Crippen molar-refractivity contribution in [1.29, 1.82) is 5.26 Å². The van der Waals surface area contributed by atoms with Gasteiger partial charge in [-0.15, -0.1) is 0 Å². The molecule has 0 saturated carbocycles. The quantitative estimate of drug-likeness (QED) is 0.654. The summed E-state index contributed by atoms with van der Waals surface area (Å²) in [6.07, 6.45) is 1.50. The largest absolute Gasteiger partial charge is 0.484 e. The number of furan rings is 1. The summed E-state index contributed by atoms with van der Waals surface area (Å²) in [6.45, 7) is 1.76. The monoisotopic (exact) mass is 396 g/mol. The highest BCUT2D eigenvalue weighted by atomic mass is 19.1. The molecule has 2 aromatic heterocycles. The number of nitriles is 1. The van der Waals surface area contributed by atoms with Crippen LogP contribution >= 0.6 is 0 Å². The predicted molar refractivity (Wildman–Crippen MR) is 99.6 cm³/mol. The Kier molecular flexibility index (Phi) is 5.16. The second-order valence-corrected chi connectivity index (χ2v) is 6.37. The molecule has 1 saturated heterocycles. The van der Waals surface area contributed by atoms with Crippen LogP contribution in [-0.4, -0.2) is 48.6 Å². The van der Waals surface area contributed by atoms with E-state index >= 15 is 0 Å². The molecule has 148 valence electrons. The van der Waals surface area contributed by atoms with Crippen LogP contribution in [0.15, 0.2) is 51.5 Å². The number of carbonyl (C=O) groups excluding carboxylic acids is 1. The minimum absolute atomic E-state index is 0.125. The molecule has 0 unspecified atom stereocenters. The van der Waals surface area contributed by atoms with E-state index in [4.69, 9.17) is 13.6 Å². The molecular weight excluding hydrogens is 379 g/mol. The topological polar surface area (TPSA) is 95.7 Å². The minimum atomic E-state index is -0.362. The fourth-order valence-electron chi connectivity index (χ4n) is 3.03. The van der Waals surface area contributed by atoms with Crippen molar-refractivity contribution >= 4 is 11.8 Å². The first-order valence-electron chi connectivity index (χ1n) is 9.00. The summed E-state index contributed by atoms with van der Waals surface area (Å²) < 4.78 is 29.3. The number of aromatic nitrogens is 1. The molecule has 1 aliphatic rings. The van der Waals surface area contributed by atoms with Gasteiger partial charge >= 0.3 is 0 Å². The van der Waals surface area contributed by atoms with Gasteiger partial charge in [0.1, 0.15) is 17.6 Å². The molecule has 3 heterocycles. The Morgan fingerprint density at radius 1 is 1.21 bits per heavy atom. The molecule has 8 nitrogen and oxygen atoms in total. The van der Waals surface area contributed by atoms with Crippen molar-refractivity contribution in [2.45, 2.75) is 0 Å². The molecule has 9 heteroatoms. The van der Waals surface area contributed by atoms with Gasteiger partial charge in [-0.25, -0.2) is 4.39 Å². The number of piperazine rings is 1. The van der Waals surface area contributed by atoms with Gasteiger partial charge in [-0.3, -0.25) is 4.79 Å². The molecule has 3 aromatic rings. The van der Waals surface area contributed by atoms with Crippen molar-refractivity contribution in [1.82, 2.24) is 9.88 Å². The Balaban J connectivity index is 1.35. The van der Waals surface area contributed by atoms with Crippen LogP contribution in [-0.2, 0) is 4.79 Å². The van der Waals surface area contributed by atoms with Crippen LogP contribution in [0.25, 0.3) is 11.7 Å². The summed E-state index contributed by atoms with van der Waals surface area (Å²) >= 11 is 0. The zero-order valence-corrected chi connectivity index (χ0v) is 15.4. The summed E-state index contributed by atoms with van der Waals surface area (Å²) in [6, 6.07) is 11.0. The van der Waals surface area contributed by atoms with Crippen LogP contribution in [0.2, 0.25) is 0 Å². The van der Waals surface area contributed by atoms with Crippen LogP contribution in [0.1, 0.15) is 5.69 Å². The molecule has 4 rings (SSSR count). The molecule has 0 radical (unpaired) electrons. The van der Waals surface area contributed by atoms with Gasteiger partial charge in [0.05, 0.1) is 6.26 Å². The number of oxazole rings is 1. The number of hydrogen-bond donors (Lipinski definition) is 0. The number of rotatable bonds is 5. The van der Waals surface area contributed by atoms with Gasteiger partial charge in [0.25, 0.3) is 11.8 Å². The van der Waals surface area contributed by atoms with E-state index in [1.165, 1.54) is 30.5 Å². The van der Waals surface area contributed by atoms with Crippen LogP contribution in [0.3, 0.4) is 0 Å². The van der Waals surface area contributed by atoms with E-state index < -0.39 is 0 Å². The van der Waals surface area contributed by atoms with Gasteiger partial charge < -0.3 is 23.4 Å². The van der Waals surface area contributed by atoms with Crippen molar-refractivity contribution < 1.29 is 22.8 Å². The van der Waals surface area contributed by atoms with Crippen LogP contribution in [0.5, 0.6) is 5.75 Å². The number of nitrogens with zero attached hydrogens (tertiary/aromatic N) is 4. The maximum absolute atomic E-state index is 12.9. The number of carbonyl (C=O) groups is 1. The third kappa shape index (κ3) is 4.06. The standard InChI is InChI=1S/C20H17FN4O4/c21-14-3-5-15(6-4-14)28-13-18(26)24-7-9-25(10-8-24)20-16(12-22)23-19(29-20)17-2-1-11-27-17/h1-6,11H,7-10,13H2. The summed E-state index contributed by atoms with van der Waals surface area (Å²) in [7, 11) is 0. The van der Waals surface area contributed by atoms with E-state index in [1.54, 1.807) is 17.0 Å². The molecule has 0 atom stereocenters. The van der Waals surface area contributed by atoms with Crippen molar-refractivity contribution in [2.75, 3.05) is 37.7 Å². The number of anilines is 1. The SMILES string of the molecule is N#Cc1nc(-c2ccco2)oc1N1CCN(C(=O)COc2ccc(F)cc2)CC1.